The van der Waals surface area contributed by atoms with E-state index in [0.29, 0.717) is 5.95 Å². The van der Waals surface area contributed by atoms with Crippen molar-refractivity contribution in [2.24, 2.45) is 11.8 Å². The molecular weight excluding hydrogens is 224 g/mol. The van der Waals surface area contributed by atoms with Crippen LogP contribution in [-0.2, 0) is 0 Å². The molecule has 0 amide bonds. The molecule has 1 saturated carbocycles. The van der Waals surface area contributed by atoms with Crippen LogP contribution in [0.1, 0.15) is 44.7 Å². The molecule has 1 aromatic rings. The van der Waals surface area contributed by atoms with E-state index in [0.717, 1.165) is 29.9 Å². The molecule has 100 valence electrons. The largest absolute Gasteiger partial charge is 0.370 e. The lowest BCUT2D eigenvalue weighted by Crippen LogP contribution is -2.17. The van der Waals surface area contributed by atoms with Crippen LogP contribution in [0.3, 0.4) is 0 Å². The Labute approximate surface area is 109 Å². The van der Waals surface area contributed by atoms with Crippen molar-refractivity contribution in [3.05, 3.63) is 11.8 Å². The molecule has 2 atom stereocenters. The van der Waals surface area contributed by atoms with E-state index in [1.54, 1.807) is 0 Å². The lowest BCUT2D eigenvalue weighted by Gasteiger charge is -2.26. The molecule has 18 heavy (non-hydrogen) atoms. The van der Waals surface area contributed by atoms with Crippen LogP contribution >= 0.6 is 0 Å². The third kappa shape index (κ3) is 3.86. The second-order valence-electron chi connectivity index (χ2n) is 5.61. The van der Waals surface area contributed by atoms with Gasteiger partial charge in [-0.15, -0.1) is 0 Å². The Morgan fingerprint density at radius 2 is 2.22 bits per heavy atom. The maximum Gasteiger partial charge on any atom is 0.222 e. The molecule has 1 aliphatic rings. The number of anilines is 2. The molecule has 1 heterocycles. The molecule has 1 fully saturated rings. The highest BCUT2D eigenvalue weighted by Gasteiger charge is 2.18. The third-order valence-corrected chi connectivity index (χ3v) is 3.78. The van der Waals surface area contributed by atoms with Gasteiger partial charge in [0, 0.05) is 18.3 Å². The Kier molecular flexibility index (Phi) is 4.39. The predicted octanol–water partition coefficient (Wildman–Crippen LogP) is 3.00. The molecule has 0 aromatic carbocycles. The summed E-state index contributed by atoms with van der Waals surface area (Å²) < 4.78 is 0. The van der Waals surface area contributed by atoms with E-state index in [4.69, 9.17) is 5.73 Å². The normalized spacial score (nSPS) is 23.9. The standard InChI is InChI=1S/C14H24N4/c1-10-4-3-5-12(8-10)6-7-16-13-9-11(2)17-14(15)18-13/h9-10,12H,3-8H2,1-2H3,(H3,15,16,17,18). The van der Waals surface area contributed by atoms with Crippen molar-refractivity contribution in [3.63, 3.8) is 0 Å². The first-order chi connectivity index (χ1) is 8.63. The minimum absolute atomic E-state index is 0.351. The van der Waals surface area contributed by atoms with E-state index in [1.165, 1.54) is 32.1 Å². The Morgan fingerprint density at radius 3 is 2.94 bits per heavy atom. The lowest BCUT2D eigenvalue weighted by atomic mass is 9.81. The molecule has 0 radical (unpaired) electrons. The van der Waals surface area contributed by atoms with Gasteiger partial charge in [0.15, 0.2) is 0 Å². The summed E-state index contributed by atoms with van der Waals surface area (Å²) in [6.07, 6.45) is 6.80. The average molecular weight is 248 g/mol. The first-order valence-corrected chi connectivity index (χ1v) is 6.98. The molecule has 2 rings (SSSR count). The van der Waals surface area contributed by atoms with Crippen molar-refractivity contribution in [1.29, 1.82) is 0 Å². The zero-order valence-electron chi connectivity index (χ0n) is 11.4. The van der Waals surface area contributed by atoms with Crippen LogP contribution in [0, 0.1) is 18.8 Å². The van der Waals surface area contributed by atoms with Gasteiger partial charge in [0.2, 0.25) is 5.95 Å². The quantitative estimate of drug-likeness (QED) is 0.859. The SMILES string of the molecule is Cc1cc(NCCC2CCCC(C)C2)nc(N)n1. The lowest BCUT2D eigenvalue weighted by molar-refractivity contribution is 0.274. The first kappa shape index (κ1) is 13.1. The predicted molar refractivity (Wildman–Crippen MR) is 75.4 cm³/mol. The zero-order valence-corrected chi connectivity index (χ0v) is 11.4. The van der Waals surface area contributed by atoms with Gasteiger partial charge in [-0.2, -0.15) is 4.98 Å². The summed E-state index contributed by atoms with van der Waals surface area (Å²) in [5.74, 6) is 2.98. The van der Waals surface area contributed by atoms with Crippen LogP contribution in [0.25, 0.3) is 0 Å². The summed E-state index contributed by atoms with van der Waals surface area (Å²) in [4.78, 5) is 8.26. The summed E-state index contributed by atoms with van der Waals surface area (Å²) in [5.41, 5.74) is 6.54. The molecule has 3 N–H and O–H groups in total. The topological polar surface area (TPSA) is 63.8 Å². The van der Waals surface area contributed by atoms with Gasteiger partial charge in [0.1, 0.15) is 5.82 Å². The highest BCUT2D eigenvalue weighted by atomic mass is 15.1. The molecule has 0 aliphatic heterocycles. The van der Waals surface area contributed by atoms with Crippen molar-refractivity contribution in [3.8, 4) is 0 Å². The average Bonchev–Trinajstić information content (AvgIpc) is 2.27. The second-order valence-corrected chi connectivity index (χ2v) is 5.61. The first-order valence-electron chi connectivity index (χ1n) is 6.98. The van der Waals surface area contributed by atoms with Gasteiger partial charge < -0.3 is 11.1 Å². The van der Waals surface area contributed by atoms with Gasteiger partial charge >= 0.3 is 0 Å². The summed E-state index contributed by atoms with van der Waals surface area (Å²) in [6, 6.07) is 1.94. The van der Waals surface area contributed by atoms with Crippen molar-refractivity contribution in [1.82, 2.24) is 9.97 Å². The number of hydrogen-bond acceptors (Lipinski definition) is 4. The second kappa shape index (κ2) is 6.03. The van der Waals surface area contributed by atoms with E-state index >= 15 is 0 Å². The summed E-state index contributed by atoms with van der Waals surface area (Å²) in [7, 11) is 0. The van der Waals surface area contributed by atoms with E-state index in [9.17, 15) is 0 Å². The molecular formula is C14H24N4. The van der Waals surface area contributed by atoms with E-state index in [2.05, 4.69) is 22.2 Å². The number of aromatic nitrogens is 2. The Balaban J connectivity index is 1.77. The van der Waals surface area contributed by atoms with E-state index in [-0.39, 0.29) is 0 Å². The number of nitrogen functional groups attached to an aromatic ring is 1. The Hall–Kier alpha value is -1.32. The number of nitrogens with zero attached hydrogens (tertiary/aromatic N) is 2. The molecule has 2 unspecified atom stereocenters. The van der Waals surface area contributed by atoms with Crippen molar-refractivity contribution < 1.29 is 0 Å². The van der Waals surface area contributed by atoms with Crippen LogP contribution in [0.15, 0.2) is 6.07 Å². The van der Waals surface area contributed by atoms with E-state index < -0.39 is 0 Å². The van der Waals surface area contributed by atoms with Crippen molar-refractivity contribution in [2.45, 2.75) is 46.0 Å². The smallest absolute Gasteiger partial charge is 0.222 e. The van der Waals surface area contributed by atoms with Crippen LogP contribution in [-0.4, -0.2) is 16.5 Å². The molecule has 4 nitrogen and oxygen atoms in total. The molecule has 0 saturated heterocycles. The number of nitrogens with two attached hydrogens (primary N) is 1. The number of rotatable bonds is 4. The Bertz CT molecular complexity index is 371. The maximum absolute atomic E-state index is 5.63. The minimum atomic E-state index is 0.351. The molecule has 0 spiro atoms. The van der Waals surface area contributed by atoms with Crippen LogP contribution in [0.4, 0.5) is 11.8 Å². The number of nitrogens with one attached hydrogen (secondary N) is 1. The fraction of sp³-hybridized carbons (Fsp3) is 0.714. The molecule has 1 aromatic heterocycles. The van der Waals surface area contributed by atoms with Gasteiger partial charge in [-0.3, -0.25) is 0 Å². The van der Waals surface area contributed by atoms with Gasteiger partial charge in [0.05, 0.1) is 0 Å². The molecule has 0 bridgehead atoms. The third-order valence-electron chi connectivity index (χ3n) is 3.78. The van der Waals surface area contributed by atoms with Crippen LogP contribution in [0.5, 0.6) is 0 Å². The minimum Gasteiger partial charge on any atom is -0.370 e. The van der Waals surface area contributed by atoms with Crippen LogP contribution in [0.2, 0.25) is 0 Å². The van der Waals surface area contributed by atoms with Gasteiger partial charge in [0.25, 0.3) is 0 Å². The summed E-state index contributed by atoms with van der Waals surface area (Å²) in [6.45, 7) is 5.29. The highest BCUT2D eigenvalue weighted by molar-refractivity contribution is 5.39. The molecule has 1 aliphatic carbocycles. The van der Waals surface area contributed by atoms with Crippen molar-refractivity contribution >= 4 is 11.8 Å². The fourth-order valence-electron chi connectivity index (χ4n) is 2.91. The fourth-order valence-corrected chi connectivity index (χ4v) is 2.91. The molecule has 4 heteroatoms. The van der Waals surface area contributed by atoms with Gasteiger partial charge in [-0.1, -0.05) is 26.2 Å². The monoisotopic (exact) mass is 248 g/mol. The maximum atomic E-state index is 5.63. The zero-order chi connectivity index (χ0) is 13.0. The number of aryl methyl sites for hydroxylation is 1. The highest BCUT2D eigenvalue weighted by Crippen LogP contribution is 2.30. The van der Waals surface area contributed by atoms with Crippen molar-refractivity contribution in [2.75, 3.05) is 17.6 Å². The summed E-state index contributed by atoms with van der Waals surface area (Å²) in [5, 5.41) is 3.36. The van der Waals surface area contributed by atoms with Gasteiger partial charge in [-0.05, 0) is 31.6 Å². The van der Waals surface area contributed by atoms with Gasteiger partial charge in [-0.25, -0.2) is 4.98 Å². The number of hydrogen-bond donors (Lipinski definition) is 2. The summed E-state index contributed by atoms with van der Waals surface area (Å²) >= 11 is 0. The van der Waals surface area contributed by atoms with Crippen LogP contribution < -0.4 is 11.1 Å². The van der Waals surface area contributed by atoms with E-state index in [1.807, 2.05) is 13.0 Å². The Morgan fingerprint density at radius 1 is 1.39 bits per heavy atom.